The zero-order chi connectivity index (χ0) is 21.8. The molecule has 0 heterocycles. The van der Waals surface area contributed by atoms with Crippen LogP contribution in [0, 0.1) is 0 Å². The fourth-order valence-corrected chi connectivity index (χ4v) is 13.0. The normalized spacial score (nSPS) is 13.0. The number of hydrogen-bond acceptors (Lipinski definition) is 2. The molecule has 0 unspecified atom stereocenters. The van der Waals surface area contributed by atoms with Gasteiger partial charge in [-0.1, -0.05) is 60.7 Å². The summed E-state index contributed by atoms with van der Waals surface area (Å²) in [5.74, 6) is 2.98. The quantitative estimate of drug-likeness (QED) is 0.312. The fraction of sp³-hybridized carbons (Fsp3) is 0.280. The van der Waals surface area contributed by atoms with Gasteiger partial charge in [0.2, 0.25) is 0 Å². The van der Waals surface area contributed by atoms with Crippen LogP contribution < -0.4 is 8.45 Å². The zero-order valence-electron chi connectivity index (χ0n) is 18.5. The van der Waals surface area contributed by atoms with Crippen LogP contribution in [-0.4, -0.2) is 32.1 Å². The minimum atomic E-state index is -1.15. The van der Waals surface area contributed by atoms with Gasteiger partial charge in [0.25, 0.3) is 0 Å². The first-order valence-electron chi connectivity index (χ1n) is 9.87. The summed E-state index contributed by atoms with van der Waals surface area (Å²) in [6.45, 7) is 0. The molecule has 3 aromatic rings. The third kappa shape index (κ3) is 5.57. The van der Waals surface area contributed by atoms with Gasteiger partial charge in [-0.2, -0.15) is 20.4 Å². The van der Waals surface area contributed by atoms with Crippen LogP contribution in [-0.2, 0) is 11.5 Å². The summed E-state index contributed by atoms with van der Waals surface area (Å²) in [6.07, 6.45) is 9.76. The molecule has 0 aliphatic heterocycles. The van der Waals surface area contributed by atoms with E-state index in [1.165, 1.54) is 16.8 Å². The van der Waals surface area contributed by atoms with E-state index in [0.29, 0.717) is 0 Å². The van der Waals surface area contributed by atoms with Crippen molar-refractivity contribution in [2.24, 2.45) is 0 Å². The summed E-state index contributed by atoms with van der Waals surface area (Å²) < 4.78 is 9.28. The molecule has 0 fully saturated rings. The van der Waals surface area contributed by atoms with Gasteiger partial charge >= 0.3 is 0 Å². The molecule has 0 atom stereocenters. The van der Waals surface area contributed by atoms with Gasteiger partial charge in [0.1, 0.15) is 5.75 Å². The molecule has 3 rings (SSSR count). The first-order chi connectivity index (χ1) is 14.2. The number of ether oxygens (including phenoxy) is 1. The number of rotatable bonds is 8. The average Bonchev–Trinajstić information content (AvgIpc) is 2.70. The lowest BCUT2D eigenvalue weighted by molar-refractivity contribution is 0.414. The van der Waals surface area contributed by atoms with E-state index in [2.05, 4.69) is 124 Å². The zero-order valence-corrected chi connectivity index (χ0v) is 21.7. The summed E-state index contributed by atoms with van der Waals surface area (Å²) in [6, 6.07) is 28.1. The number of benzene rings is 3. The van der Waals surface area contributed by atoms with Crippen molar-refractivity contribution in [2.45, 2.75) is 11.5 Å². The van der Waals surface area contributed by atoms with Gasteiger partial charge in [-0.15, -0.1) is 0 Å². The molecule has 0 N–H and O–H groups in total. The van der Waals surface area contributed by atoms with E-state index in [9.17, 15) is 0 Å². The van der Waals surface area contributed by atoms with Crippen LogP contribution in [0.4, 0.5) is 5.69 Å². The van der Waals surface area contributed by atoms with Crippen molar-refractivity contribution in [1.29, 1.82) is 0 Å². The standard InChI is InChI=1S/C25H32BrNOS2/c1-28-23-16-17-25(24(26)18-23)27(29(2,3)19-21-12-8-6-9-13-21)30(4,5)20-22-14-10-7-11-15-22/h6-18H,19-20H2,1-5H3. The highest BCUT2D eigenvalue weighted by Gasteiger charge is 2.33. The van der Waals surface area contributed by atoms with Crippen LogP contribution in [0.25, 0.3) is 0 Å². The SMILES string of the molecule is COc1ccc(N(S(C)(C)Cc2ccccc2)S(C)(C)Cc2ccccc2)c(Br)c1. The van der Waals surface area contributed by atoms with Crippen molar-refractivity contribution < 1.29 is 4.74 Å². The van der Waals surface area contributed by atoms with E-state index in [1.54, 1.807) is 7.11 Å². The average molecular weight is 507 g/mol. The highest BCUT2D eigenvalue weighted by Crippen LogP contribution is 2.66. The lowest BCUT2D eigenvalue weighted by atomic mass is 10.2. The van der Waals surface area contributed by atoms with Gasteiger partial charge in [0.15, 0.2) is 0 Å². The second-order valence-corrected chi connectivity index (χ2v) is 16.6. The van der Waals surface area contributed by atoms with Crippen LogP contribution in [0.3, 0.4) is 0 Å². The molecule has 0 aliphatic rings. The lowest BCUT2D eigenvalue weighted by Gasteiger charge is -2.56. The molecular weight excluding hydrogens is 474 g/mol. The van der Waals surface area contributed by atoms with Gasteiger partial charge in [-0.3, -0.25) is 3.71 Å². The maximum atomic E-state index is 5.46. The molecule has 0 aromatic heterocycles. The number of methoxy groups -OCH3 is 1. The number of halogens is 1. The van der Waals surface area contributed by atoms with E-state index >= 15 is 0 Å². The molecule has 3 aromatic carbocycles. The molecule has 0 spiro atoms. The third-order valence-corrected chi connectivity index (χ3v) is 12.3. The highest BCUT2D eigenvalue weighted by molar-refractivity contribution is 9.10. The number of anilines is 1. The second-order valence-electron chi connectivity index (χ2n) is 8.29. The summed E-state index contributed by atoms with van der Waals surface area (Å²) in [4.78, 5) is 0. The molecule has 0 saturated carbocycles. The Labute approximate surface area is 193 Å². The molecule has 162 valence electrons. The summed E-state index contributed by atoms with van der Waals surface area (Å²) in [5.41, 5.74) is 4.03. The summed E-state index contributed by atoms with van der Waals surface area (Å²) in [5, 5.41) is 0. The summed E-state index contributed by atoms with van der Waals surface area (Å²) in [7, 11) is -0.581. The largest absolute Gasteiger partial charge is 0.497 e. The predicted molar refractivity (Wildman–Crippen MR) is 142 cm³/mol. The molecule has 0 radical (unpaired) electrons. The maximum absolute atomic E-state index is 5.46. The van der Waals surface area contributed by atoms with E-state index < -0.39 is 20.4 Å². The van der Waals surface area contributed by atoms with Crippen LogP contribution in [0.5, 0.6) is 5.75 Å². The van der Waals surface area contributed by atoms with Crippen molar-refractivity contribution in [3.8, 4) is 5.75 Å². The molecule has 5 heteroatoms. The Morgan fingerprint density at radius 2 is 1.20 bits per heavy atom. The Morgan fingerprint density at radius 1 is 0.733 bits per heavy atom. The molecule has 0 amide bonds. The Hall–Kier alpha value is -1.56. The van der Waals surface area contributed by atoms with Crippen molar-refractivity contribution in [2.75, 3.05) is 35.8 Å². The lowest BCUT2D eigenvalue weighted by Crippen LogP contribution is -2.31. The second kappa shape index (κ2) is 9.71. The van der Waals surface area contributed by atoms with Gasteiger partial charge < -0.3 is 4.74 Å². The van der Waals surface area contributed by atoms with E-state index in [0.717, 1.165) is 21.7 Å². The smallest absolute Gasteiger partial charge is 0.120 e. The van der Waals surface area contributed by atoms with Gasteiger partial charge in [-0.05, 0) is 70.3 Å². The summed E-state index contributed by atoms with van der Waals surface area (Å²) >= 11 is 3.85. The molecule has 2 nitrogen and oxygen atoms in total. The van der Waals surface area contributed by atoms with E-state index in [4.69, 9.17) is 4.74 Å². The van der Waals surface area contributed by atoms with E-state index in [1.807, 2.05) is 0 Å². The Bertz CT molecular complexity index is 908. The Kier molecular flexibility index (Phi) is 7.48. The molecule has 0 bridgehead atoms. The molecule has 0 saturated heterocycles. The van der Waals surface area contributed by atoms with Crippen molar-refractivity contribution in [3.63, 3.8) is 0 Å². The molecular formula is C25H32BrNOS2. The van der Waals surface area contributed by atoms with Crippen molar-refractivity contribution in [3.05, 3.63) is 94.5 Å². The first kappa shape index (κ1) is 23.1. The number of hydrogen-bond donors (Lipinski definition) is 0. The van der Waals surface area contributed by atoms with Gasteiger partial charge in [-0.25, -0.2) is 0 Å². The van der Waals surface area contributed by atoms with E-state index in [-0.39, 0.29) is 0 Å². The van der Waals surface area contributed by atoms with Crippen LogP contribution in [0.15, 0.2) is 83.3 Å². The Morgan fingerprint density at radius 3 is 1.60 bits per heavy atom. The minimum Gasteiger partial charge on any atom is -0.497 e. The van der Waals surface area contributed by atoms with Crippen LogP contribution in [0.1, 0.15) is 11.1 Å². The van der Waals surface area contributed by atoms with Crippen molar-refractivity contribution >= 4 is 42.0 Å². The predicted octanol–water partition coefficient (Wildman–Crippen LogP) is 7.62. The Balaban J connectivity index is 2.06. The van der Waals surface area contributed by atoms with Gasteiger partial charge in [0.05, 0.1) is 12.8 Å². The van der Waals surface area contributed by atoms with Gasteiger partial charge in [0, 0.05) is 16.0 Å². The topological polar surface area (TPSA) is 12.5 Å². The van der Waals surface area contributed by atoms with Crippen LogP contribution in [0.2, 0.25) is 0 Å². The van der Waals surface area contributed by atoms with Crippen LogP contribution >= 0.6 is 36.4 Å². The highest BCUT2D eigenvalue weighted by atomic mass is 79.9. The molecule has 30 heavy (non-hydrogen) atoms. The fourth-order valence-electron chi connectivity index (χ4n) is 3.92. The third-order valence-electron chi connectivity index (χ3n) is 4.97. The maximum Gasteiger partial charge on any atom is 0.120 e. The number of nitrogens with zero attached hydrogens (tertiary/aromatic N) is 1. The van der Waals surface area contributed by atoms with Crippen molar-refractivity contribution in [1.82, 2.24) is 0 Å². The first-order valence-corrected chi connectivity index (χ1v) is 15.8. The molecule has 0 aliphatic carbocycles. The minimum absolute atomic E-state index is 0.873. The monoisotopic (exact) mass is 505 g/mol.